The number of carbonyl (C=O) groups excluding carboxylic acids is 1. The van der Waals surface area contributed by atoms with E-state index in [-0.39, 0.29) is 11.7 Å². The quantitative estimate of drug-likeness (QED) is 0.703. The first kappa shape index (κ1) is 16.0. The molecule has 5 nitrogen and oxygen atoms in total. The summed E-state index contributed by atoms with van der Waals surface area (Å²) in [6.07, 6.45) is 1.90. The molecule has 21 heavy (non-hydrogen) atoms. The van der Waals surface area contributed by atoms with Gasteiger partial charge in [-0.2, -0.15) is 0 Å². The zero-order chi connectivity index (χ0) is 15.6. The SMILES string of the molecule is CC(C)(O)C(F)CNC(=O)c1cnc(Cl)cc1NC1CC1. The van der Waals surface area contributed by atoms with Crippen molar-refractivity contribution in [2.24, 2.45) is 0 Å². The lowest BCUT2D eigenvalue weighted by Crippen LogP contribution is -2.42. The summed E-state index contributed by atoms with van der Waals surface area (Å²) >= 11 is 5.84. The Bertz CT molecular complexity index is 529. The van der Waals surface area contributed by atoms with Crippen LogP contribution in [0.15, 0.2) is 12.3 Å². The highest BCUT2D eigenvalue weighted by molar-refractivity contribution is 6.29. The van der Waals surface area contributed by atoms with Gasteiger partial charge in [0.05, 0.1) is 23.4 Å². The molecule has 1 aromatic heterocycles. The van der Waals surface area contributed by atoms with Crippen LogP contribution in [0.2, 0.25) is 5.15 Å². The van der Waals surface area contributed by atoms with Crippen molar-refractivity contribution in [3.8, 4) is 0 Å². The summed E-state index contributed by atoms with van der Waals surface area (Å²) in [5.41, 5.74) is -0.594. The first-order chi connectivity index (χ1) is 9.77. The number of hydrogen-bond acceptors (Lipinski definition) is 4. The van der Waals surface area contributed by atoms with Gasteiger partial charge in [-0.15, -0.1) is 0 Å². The number of nitrogens with one attached hydrogen (secondary N) is 2. The molecule has 1 aromatic rings. The van der Waals surface area contributed by atoms with Crippen LogP contribution in [0.3, 0.4) is 0 Å². The lowest BCUT2D eigenvalue weighted by Gasteiger charge is -2.22. The van der Waals surface area contributed by atoms with Crippen LogP contribution in [0.1, 0.15) is 37.0 Å². The minimum absolute atomic E-state index is 0.270. The van der Waals surface area contributed by atoms with E-state index in [2.05, 4.69) is 15.6 Å². The van der Waals surface area contributed by atoms with Gasteiger partial charge in [0.2, 0.25) is 0 Å². The first-order valence-electron chi connectivity index (χ1n) is 6.84. The summed E-state index contributed by atoms with van der Waals surface area (Å²) in [4.78, 5) is 16.0. The van der Waals surface area contributed by atoms with Gasteiger partial charge in [-0.25, -0.2) is 9.37 Å². The van der Waals surface area contributed by atoms with Crippen LogP contribution in [-0.4, -0.2) is 40.4 Å². The van der Waals surface area contributed by atoms with Gasteiger partial charge in [0, 0.05) is 12.2 Å². The standard InChI is InChI=1S/C14H19ClFN3O2/c1-14(2,21)11(16)7-18-13(20)9-6-17-12(15)5-10(9)19-8-3-4-8/h5-6,8,11,21H,3-4,7H2,1-2H3,(H,17,19)(H,18,20). The summed E-state index contributed by atoms with van der Waals surface area (Å²) in [7, 11) is 0. The molecule has 1 atom stereocenters. The fraction of sp³-hybridized carbons (Fsp3) is 0.571. The van der Waals surface area contributed by atoms with E-state index < -0.39 is 17.7 Å². The molecule has 0 aliphatic heterocycles. The number of rotatable bonds is 6. The van der Waals surface area contributed by atoms with Crippen LogP contribution < -0.4 is 10.6 Å². The molecule has 1 saturated carbocycles. The third kappa shape index (κ3) is 4.54. The fourth-order valence-electron chi connectivity index (χ4n) is 1.71. The maximum Gasteiger partial charge on any atom is 0.255 e. The lowest BCUT2D eigenvalue weighted by atomic mass is 10.0. The predicted molar refractivity (Wildman–Crippen MR) is 79.4 cm³/mol. The van der Waals surface area contributed by atoms with Crippen molar-refractivity contribution >= 4 is 23.2 Å². The molecule has 1 aliphatic carbocycles. The molecule has 0 saturated heterocycles. The predicted octanol–water partition coefficient (Wildman–Crippen LogP) is 2.15. The van der Waals surface area contributed by atoms with Crippen LogP contribution in [0.4, 0.5) is 10.1 Å². The average Bonchev–Trinajstić information content (AvgIpc) is 3.18. The van der Waals surface area contributed by atoms with Gasteiger partial charge >= 0.3 is 0 Å². The van der Waals surface area contributed by atoms with Gasteiger partial charge in [-0.1, -0.05) is 11.6 Å². The second kappa shape index (κ2) is 6.15. The Morgan fingerprint density at radius 2 is 2.29 bits per heavy atom. The van der Waals surface area contributed by atoms with E-state index in [9.17, 15) is 14.3 Å². The summed E-state index contributed by atoms with van der Waals surface area (Å²) in [6, 6.07) is 1.93. The number of alkyl halides is 1. The van der Waals surface area contributed by atoms with Crippen LogP contribution in [0, 0.1) is 0 Å². The molecule has 1 fully saturated rings. The number of anilines is 1. The summed E-state index contributed by atoms with van der Waals surface area (Å²) in [6.45, 7) is 2.44. The normalized spacial score (nSPS) is 16.4. The van der Waals surface area contributed by atoms with Crippen molar-refractivity contribution in [1.82, 2.24) is 10.3 Å². The van der Waals surface area contributed by atoms with Crippen molar-refractivity contribution in [3.05, 3.63) is 23.0 Å². The molecule has 1 aliphatic rings. The summed E-state index contributed by atoms with van der Waals surface area (Å²) < 4.78 is 13.7. The zero-order valence-electron chi connectivity index (χ0n) is 12.0. The van der Waals surface area contributed by atoms with Crippen LogP contribution in [0.25, 0.3) is 0 Å². The Hall–Kier alpha value is -1.40. The summed E-state index contributed by atoms with van der Waals surface area (Å²) in [5.74, 6) is -0.450. The highest BCUT2D eigenvalue weighted by Crippen LogP contribution is 2.28. The molecular weight excluding hydrogens is 297 g/mol. The molecule has 1 heterocycles. The Balaban J connectivity index is 2.04. The van der Waals surface area contributed by atoms with Gasteiger partial charge < -0.3 is 15.7 Å². The topological polar surface area (TPSA) is 74.2 Å². The Morgan fingerprint density at radius 3 is 2.86 bits per heavy atom. The highest BCUT2D eigenvalue weighted by Gasteiger charge is 2.28. The molecule has 0 aromatic carbocycles. The van der Waals surface area contributed by atoms with Crippen LogP contribution in [-0.2, 0) is 0 Å². The number of pyridine rings is 1. The Labute approximate surface area is 127 Å². The molecule has 2 rings (SSSR count). The van der Waals surface area contributed by atoms with E-state index in [4.69, 9.17) is 11.6 Å². The fourth-order valence-corrected chi connectivity index (χ4v) is 1.86. The smallest absolute Gasteiger partial charge is 0.255 e. The number of nitrogens with zero attached hydrogens (tertiary/aromatic N) is 1. The minimum Gasteiger partial charge on any atom is -0.387 e. The van der Waals surface area contributed by atoms with E-state index in [0.29, 0.717) is 17.3 Å². The molecule has 0 bridgehead atoms. The first-order valence-corrected chi connectivity index (χ1v) is 7.22. The Kier molecular flexibility index (Phi) is 4.68. The molecular formula is C14H19ClFN3O2. The lowest BCUT2D eigenvalue weighted by molar-refractivity contribution is -0.00177. The highest BCUT2D eigenvalue weighted by atomic mass is 35.5. The van der Waals surface area contributed by atoms with Crippen molar-refractivity contribution in [2.45, 2.75) is 44.5 Å². The van der Waals surface area contributed by atoms with Crippen molar-refractivity contribution in [1.29, 1.82) is 0 Å². The number of hydrogen-bond donors (Lipinski definition) is 3. The largest absolute Gasteiger partial charge is 0.387 e. The second-order valence-corrected chi connectivity index (χ2v) is 6.19. The van der Waals surface area contributed by atoms with Crippen molar-refractivity contribution < 1.29 is 14.3 Å². The molecule has 1 amide bonds. The number of halogens is 2. The van der Waals surface area contributed by atoms with E-state index in [1.54, 1.807) is 6.07 Å². The van der Waals surface area contributed by atoms with Gasteiger partial charge in [0.1, 0.15) is 11.3 Å². The number of aromatic nitrogens is 1. The Morgan fingerprint density at radius 1 is 1.62 bits per heavy atom. The van der Waals surface area contributed by atoms with Crippen LogP contribution in [0.5, 0.6) is 0 Å². The number of aliphatic hydroxyl groups is 1. The summed E-state index contributed by atoms with van der Waals surface area (Å²) in [5, 5.41) is 15.5. The maximum absolute atomic E-state index is 13.7. The van der Waals surface area contributed by atoms with E-state index in [0.717, 1.165) is 12.8 Å². The molecule has 3 N–H and O–H groups in total. The van der Waals surface area contributed by atoms with E-state index >= 15 is 0 Å². The molecule has 1 unspecified atom stereocenters. The van der Waals surface area contributed by atoms with Gasteiger partial charge in [-0.05, 0) is 32.8 Å². The molecule has 116 valence electrons. The molecule has 7 heteroatoms. The minimum atomic E-state index is -1.55. The maximum atomic E-state index is 13.7. The third-order valence-corrected chi connectivity index (χ3v) is 3.47. The average molecular weight is 316 g/mol. The van der Waals surface area contributed by atoms with Gasteiger partial charge in [0.15, 0.2) is 0 Å². The van der Waals surface area contributed by atoms with Crippen LogP contribution >= 0.6 is 11.6 Å². The van der Waals surface area contributed by atoms with E-state index in [1.807, 2.05) is 0 Å². The molecule has 0 radical (unpaired) electrons. The second-order valence-electron chi connectivity index (χ2n) is 5.80. The zero-order valence-corrected chi connectivity index (χ0v) is 12.7. The monoisotopic (exact) mass is 315 g/mol. The number of carbonyl (C=O) groups is 1. The van der Waals surface area contributed by atoms with Crippen molar-refractivity contribution in [3.63, 3.8) is 0 Å². The number of amides is 1. The van der Waals surface area contributed by atoms with Gasteiger partial charge in [-0.3, -0.25) is 4.79 Å². The molecule has 0 spiro atoms. The van der Waals surface area contributed by atoms with Crippen molar-refractivity contribution in [2.75, 3.05) is 11.9 Å². The third-order valence-electron chi connectivity index (χ3n) is 3.26. The van der Waals surface area contributed by atoms with Gasteiger partial charge in [0.25, 0.3) is 5.91 Å². The van der Waals surface area contributed by atoms with E-state index in [1.165, 1.54) is 20.0 Å².